The standard InChI is InChI=1S/C30H45ClN2/c1-5-7-21-33(22-8-6-2)30(27-14-16-28(31)17-15-27)20-18-29(25(3)24-30)32(4)23-19-26-12-10-9-11-13-26/h9-17,25,29H,5-8,18-24H2,1-4H3. The molecule has 2 nitrogen and oxygen atoms in total. The molecule has 0 radical (unpaired) electrons. The van der Waals surface area contributed by atoms with E-state index in [0.717, 1.165) is 18.0 Å². The maximum Gasteiger partial charge on any atom is 0.0464 e. The normalized spacial score (nSPS) is 23.4. The van der Waals surface area contributed by atoms with Gasteiger partial charge in [-0.3, -0.25) is 4.90 Å². The van der Waals surface area contributed by atoms with Crippen LogP contribution in [-0.4, -0.2) is 42.5 Å². The number of hydrogen-bond acceptors (Lipinski definition) is 2. The third-order valence-corrected chi connectivity index (χ3v) is 8.13. The van der Waals surface area contributed by atoms with Crippen LogP contribution >= 0.6 is 11.6 Å². The summed E-state index contributed by atoms with van der Waals surface area (Å²) >= 11 is 6.30. The van der Waals surface area contributed by atoms with Crippen LogP contribution in [-0.2, 0) is 12.0 Å². The fourth-order valence-corrected chi connectivity index (χ4v) is 6.07. The van der Waals surface area contributed by atoms with E-state index in [0.29, 0.717) is 12.0 Å². The number of hydrogen-bond donors (Lipinski definition) is 0. The average molecular weight is 469 g/mol. The highest BCUT2D eigenvalue weighted by molar-refractivity contribution is 6.30. The molecule has 182 valence electrons. The zero-order chi connectivity index (χ0) is 23.7. The average Bonchev–Trinajstić information content (AvgIpc) is 2.83. The SMILES string of the molecule is CCCCN(CCCC)C1(c2ccc(Cl)cc2)CCC(N(C)CCc2ccccc2)C(C)C1. The highest BCUT2D eigenvalue weighted by atomic mass is 35.5. The van der Waals surface area contributed by atoms with Gasteiger partial charge in [0.05, 0.1) is 0 Å². The summed E-state index contributed by atoms with van der Waals surface area (Å²) in [5.74, 6) is 0.654. The molecule has 1 saturated carbocycles. The molecule has 1 aliphatic rings. The first kappa shape index (κ1) is 26.3. The van der Waals surface area contributed by atoms with Gasteiger partial charge < -0.3 is 4.90 Å². The van der Waals surface area contributed by atoms with Crippen LogP contribution in [0, 0.1) is 5.92 Å². The molecular formula is C30H45ClN2. The van der Waals surface area contributed by atoms with Gasteiger partial charge in [0.15, 0.2) is 0 Å². The minimum Gasteiger partial charge on any atom is -0.303 e. The van der Waals surface area contributed by atoms with E-state index >= 15 is 0 Å². The third kappa shape index (κ3) is 6.84. The lowest BCUT2D eigenvalue weighted by Crippen LogP contribution is -2.54. The molecule has 1 aliphatic carbocycles. The van der Waals surface area contributed by atoms with Crippen molar-refractivity contribution in [3.05, 3.63) is 70.7 Å². The molecule has 3 unspecified atom stereocenters. The third-order valence-electron chi connectivity index (χ3n) is 7.88. The van der Waals surface area contributed by atoms with E-state index in [9.17, 15) is 0 Å². The molecule has 0 aliphatic heterocycles. The van der Waals surface area contributed by atoms with Gasteiger partial charge in [-0.1, -0.05) is 87.7 Å². The van der Waals surface area contributed by atoms with E-state index in [4.69, 9.17) is 11.6 Å². The Balaban J connectivity index is 1.79. The van der Waals surface area contributed by atoms with E-state index in [1.807, 2.05) is 0 Å². The second kappa shape index (κ2) is 12.9. The summed E-state index contributed by atoms with van der Waals surface area (Å²) in [6, 6.07) is 20.4. The highest BCUT2D eigenvalue weighted by Crippen LogP contribution is 2.46. The summed E-state index contributed by atoms with van der Waals surface area (Å²) in [6.07, 6.45) is 9.88. The summed E-state index contributed by atoms with van der Waals surface area (Å²) in [6.45, 7) is 10.6. The first-order chi connectivity index (χ1) is 16.0. The molecule has 3 atom stereocenters. The Morgan fingerprint density at radius 3 is 2.12 bits per heavy atom. The lowest BCUT2D eigenvalue weighted by Gasteiger charge is -2.52. The molecule has 33 heavy (non-hydrogen) atoms. The van der Waals surface area contributed by atoms with Crippen LogP contribution in [0.1, 0.15) is 76.8 Å². The number of halogens is 1. The van der Waals surface area contributed by atoms with Crippen LogP contribution in [0.15, 0.2) is 54.6 Å². The molecular weight excluding hydrogens is 424 g/mol. The van der Waals surface area contributed by atoms with Gasteiger partial charge in [-0.2, -0.15) is 0 Å². The molecule has 0 spiro atoms. The van der Waals surface area contributed by atoms with Crippen molar-refractivity contribution < 1.29 is 0 Å². The van der Waals surface area contributed by atoms with Crippen molar-refractivity contribution >= 4 is 11.6 Å². The van der Waals surface area contributed by atoms with Crippen LogP contribution in [0.4, 0.5) is 0 Å². The van der Waals surface area contributed by atoms with Gasteiger partial charge in [0.2, 0.25) is 0 Å². The fourth-order valence-electron chi connectivity index (χ4n) is 5.94. The Kier molecular flexibility index (Phi) is 10.3. The van der Waals surface area contributed by atoms with Crippen LogP contribution in [0.3, 0.4) is 0 Å². The van der Waals surface area contributed by atoms with Gasteiger partial charge in [0.1, 0.15) is 0 Å². The van der Waals surface area contributed by atoms with Crippen LogP contribution in [0.5, 0.6) is 0 Å². The van der Waals surface area contributed by atoms with Crippen molar-refractivity contribution in [1.29, 1.82) is 0 Å². The van der Waals surface area contributed by atoms with E-state index in [-0.39, 0.29) is 5.54 Å². The quantitative estimate of drug-likeness (QED) is 0.313. The number of rotatable bonds is 12. The maximum atomic E-state index is 6.30. The van der Waals surface area contributed by atoms with Gasteiger partial charge in [0, 0.05) is 23.1 Å². The Hall–Kier alpha value is -1.35. The zero-order valence-electron chi connectivity index (χ0n) is 21.4. The molecule has 2 aromatic carbocycles. The first-order valence-electron chi connectivity index (χ1n) is 13.3. The topological polar surface area (TPSA) is 6.48 Å². The summed E-state index contributed by atoms with van der Waals surface area (Å²) in [5, 5.41) is 0.838. The van der Waals surface area contributed by atoms with Gasteiger partial charge >= 0.3 is 0 Å². The van der Waals surface area contributed by atoms with Gasteiger partial charge in [-0.05, 0) is 87.8 Å². The summed E-state index contributed by atoms with van der Waals surface area (Å²) in [4.78, 5) is 5.48. The van der Waals surface area contributed by atoms with E-state index in [2.05, 4.69) is 92.2 Å². The number of unbranched alkanes of at least 4 members (excludes halogenated alkanes) is 2. The Morgan fingerprint density at radius 1 is 0.909 bits per heavy atom. The lowest BCUT2D eigenvalue weighted by atomic mass is 9.68. The molecule has 0 amide bonds. The molecule has 0 bridgehead atoms. The maximum absolute atomic E-state index is 6.30. The zero-order valence-corrected chi connectivity index (χ0v) is 22.2. The van der Waals surface area contributed by atoms with Crippen molar-refractivity contribution in [2.45, 2.75) is 83.7 Å². The number of likely N-dealkylation sites (N-methyl/N-ethyl adjacent to an activating group) is 1. The minimum atomic E-state index is 0.130. The van der Waals surface area contributed by atoms with Crippen LogP contribution in [0.2, 0.25) is 5.02 Å². The van der Waals surface area contributed by atoms with Crippen molar-refractivity contribution in [2.75, 3.05) is 26.7 Å². The second-order valence-corrected chi connectivity index (χ2v) is 10.7. The first-order valence-corrected chi connectivity index (χ1v) is 13.6. The molecule has 0 saturated heterocycles. The van der Waals surface area contributed by atoms with Gasteiger partial charge in [-0.15, -0.1) is 0 Å². The Labute approximate surface area is 208 Å². The van der Waals surface area contributed by atoms with Gasteiger partial charge in [-0.25, -0.2) is 0 Å². The predicted molar refractivity (Wildman–Crippen MR) is 144 cm³/mol. The summed E-state index contributed by atoms with van der Waals surface area (Å²) < 4.78 is 0. The van der Waals surface area contributed by atoms with E-state index in [1.54, 1.807) is 0 Å². The molecule has 2 aromatic rings. The van der Waals surface area contributed by atoms with Gasteiger partial charge in [0.25, 0.3) is 0 Å². The summed E-state index contributed by atoms with van der Waals surface area (Å²) in [5.41, 5.74) is 3.04. The van der Waals surface area contributed by atoms with Crippen LogP contribution in [0.25, 0.3) is 0 Å². The molecule has 0 aromatic heterocycles. The molecule has 0 N–H and O–H groups in total. The second-order valence-electron chi connectivity index (χ2n) is 10.2. The van der Waals surface area contributed by atoms with Crippen molar-refractivity contribution in [3.8, 4) is 0 Å². The van der Waals surface area contributed by atoms with E-state index in [1.165, 1.54) is 69.2 Å². The Bertz CT molecular complexity index is 798. The fraction of sp³-hybridized carbons (Fsp3) is 0.600. The number of benzene rings is 2. The highest BCUT2D eigenvalue weighted by Gasteiger charge is 2.44. The lowest BCUT2D eigenvalue weighted by molar-refractivity contribution is -0.00768. The monoisotopic (exact) mass is 468 g/mol. The smallest absolute Gasteiger partial charge is 0.0464 e. The number of nitrogens with zero attached hydrogens (tertiary/aromatic N) is 2. The minimum absolute atomic E-state index is 0.130. The molecule has 1 fully saturated rings. The van der Waals surface area contributed by atoms with Crippen molar-refractivity contribution in [2.24, 2.45) is 5.92 Å². The summed E-state index contributed by atoms with van der Waals surface area (Å²) in [7, 11) is 2.34. The largest absolute Gasteiger partial charge is 0.303 e. The van der Waals surface area contributed by atoms with Crippen LogP contribution < -0.4 is 0 Å². The van der Waals surface area contributed by atoms with Crippen molar-refractivity contribution in [1.82, 2.24) is 9.80 Å². The molecule has 3 heteroatoms. The molecule has 0 heterocycles. The predicted octanol–water partition coefficient (Wildman–Crippen LogP) is 7.80. The Morgan fingerprint density at radius 2 is 1.55 bits per heavy atom. The molecule has 3 rings (SSSR count). The van der Waals surface area contributed by atoms with E-state index < -0.39 is 0 Å². The van der Waals surface area contributed by atoms with Crippen molar-refractivity contribution in [3.63, 3.8) is 0 Å².